The summed E-state index contributed by atoms with van der Waals surface area (Å²) in [4.78, 5) is 37.2. The van der Waals surface area contributed by atoms with Crippen LogP contribution in [0.1, 0.15) is 23.3 Å². The molecule has 2 aromatic carbocycles. The fourth-order valence-corrected chi connectivity index (χ4v) is 3.95. The van der Waals surface area contributed by atoms with Crippen molar-refractivity contribution in [2.75, 3.05) is 12.4 Å². The fourth-order valence-electron chi connectivity index (χ4n) is 3.66. The van der Waals surface area contributed by atoms with Gasteiger partial charge in [0.1, 0.15) is 17.6 Å². The van der Waals surface area contributed by atoms with Gasteiger partial charge in [0.2, 0.25) is 5.91 Å². The average molecular weight is 545 g/mol. The van der Waals surface area contributed by atoms with Gasteiger partial charge in [-0.25, -0.2) is 9.07 Å². The van der Waals surface area contributed by atoms with E-state index in [2.05, 4.69) is 15.6 Å². The third kappa shape index (κ3) is 5.32. The van der Waals surface area contributed by atoms with E-state index in [4.69, 9.17) is 33.7 Å². The summed E-state index contributed by atoms with van der Waals surface area (Å²) in [6.07, 6.45) is 2.88. The Morgan fingerprint density at radius 1 is 1.11 bits per heavy atom. The van der Waals surface area contributed by atoms with Crippen LogP contribution < -0.4 is 21.3 Å². The van der Waals surface area contributed by atoms with Gasteiger partial charge in [-0.2, -0.15) is 0 Å². The average Bonchev–Trinajstić information content (AvgIpc) is 3.29. The number of rotatable bonds is 7. The molecule has 2 heterocycles. The number of nitrogens with two attached hydrogens (primary N) is 1. The van der Waals surface area contributed by atoms with E-state index >= 15 is 0 Å². The van der Waals surface area contributed by atoms with Gasteiger partial charge in [-0.1, -0.05) is 28.4 Å². The topological polar surface area (TPSA) is 134 Å². The Morgan fingerprint density at radius 3 is 2.49 bits per heavy atom. The second-order valence-corrected chi connectivity index (χ2v) is 8.70. The largest absolute Gasteiger partial charge is 0.495 e. The Kier molecular flexibility index (Phi) is 7.28. The molecule has 0 unspecified atom stereocenters. The zero-order valence-electron chi connectivity index (χ0n) is 19.4. The summed E-state index contributed by atoms with van der Waals surface area (Å²) in [7, 11) is 1.41. The molecule has 0 aliphatic rings. The van der Waals surface area contributed by atoms with E-state index in [9.17, 15) is 18.8 Å². The molecule has 0 fully saturated rings. The van der Waals surface area contributed by atoms with Gasteiger partial charge < -0.3 is 15.8 Å². The SMILES string of the molecule is COc1cn([C@@H](C)C(=O)Nc2ccc(C(N)=O)c(F)c2)c(=O)cc1-c1cc(Cl)ccc1-n1cc(Cl)nn1. The minimum atomic E-state index is -1.01. The molecule has 190 valence electrons. The third-order valence-corrected chi connectivity index (χ3v) is 5.93. The Bertz CT molecular complexity index is 1590. The third-order valence-electron chi connectivity index (χ3n) is 5.52. The van der Waals surface area contributed by atoms with Gasteiger partial charge >= 0.3 is 0 Å². The number of anilines is 1. The zero-order valence-corrected chi connectivity index (χ0v) is 20.9. The molecule has 4 aromatic rings. The number of nitrogens with one attached hydrogen (secondary N) is 1. The van der Waals surface area contributed by atoms with E-state index in [-0.39, 0.29) is 22.2 Å². The molecule has 0 radical (unpaired) electrons. The molecule has 10 nitrogen and oxygen atoms in total. The van der Waals surface area contributed by atoms with Crippen molar-refractivity contribution in [2.45, 2.75) is 13.0 Å². The van der Waals surface area contributed by atoms with E-state index in [1.54, 1.807) is 18.2 Å². The van der Waals surface area contributed by atoms with Crippen LogP contribution in [-0.4, -0.2) is 38.5 Å². The predicted octanol–water partition coefficient (Wildman–Crippen LogP) is 3.85. The lowest BCUT2D eigenvalue weighted by Crippen LogP contribution is -2.31. The molecule has 13 heteroatoms. The van der Waals surface area contributed by atoms with Crippen LogP contribution in [0.15, 0.2) is 59.7 Å². The highest BCUT2D eigenvalue weighted by atomic mass is 35.5. The van der Waals surface area contributed by atoms with Gasteiger partial charge in [0.05, 0.1) is 30.8 Å². The molecule has 0 spiro atoms. The number of hydrogen-bond acceptors (Lipinski definition) is 6. The molecule has 0 aliphatic carbocycles. The summed E-state index contributed by atoms with van der Waals surface area (Å²) in [6.45, 7) is 1.49. The molecule has 37 heavy (non-hydrogen) atoms. The lowest BCUT2D eigenvalue weighted by molar-refractivity contribution is -0.118. The number of aromatic nitrogens is 4. The first-order valence-corrected chi connectivity index (χ1v) is 11.4. The maximum Gasteiger partial charge on any atom is 0.252 e. The molecule has 2 amide bonds. The summed E-state index contributed by atoms with van der Waals surface area (Å²) in [5.41, 5.74) is 5.80. The molecular weight excluding hydrogens is 526 g/mol. The maximum atomic E-state index is 14.1. The smallest absolute Gasteiger partial charge is 0.252 e. The van der Waals surface area contributed by atoms with Crippen LogP contribution in [0, 0.1) is 5.82 Å². The summed E-state index contributed by atoms with van der Waals surface area (Å²) in [5.74, 6) is -2.15. The minimum absolute atomic E-state index is 0.0889. The van der Waals surface area contributed by atoms with Crippen molar-refractivity contribution in [1.82, 2.24) is 19.6 Å². The van der Waals surface area contributed by atoms with E-state index in [1.165, 1.54) is 47.8 Å². The van der Waals surface area contributed by atoms with Crippen molar-refractivity contribution >= 4 is 40.7 Å². The van der Waals surface area contributed by atoms with Gasteiger partial charge in [-0.15, -0.1) is 5.10 Å². The standard InChI is InChI=1S/C24H19Cl2FN6O4/c1-12(24(36)29-14-4-5-15(23(28)35)18(27)8-14)32-10-20(37-2)17(9-22(32)34)16-7-13(25)3-6-19(16)33-11-21(26)30-31-33/h3-12H,1-2H3,(H2,28,35)(H,29,36)/t12-/m0/s1. The van der Waals surface area contributed by atoms with Crippen LogP contribution in [0.4, 0.5) is 10.1 Å². The molecule has 0 bridgehead atoms. The van der Waals surface area contributed by atoms with Crippen LogP contribution in [-0.2, 0) is 4.79 Å². The summed E-state index contributed by atoms with van der Waals surface area (Å²) in [5, 5.41) is 10.8. The molecule has 1 atom stereocenters. The van der Waals surface area contributed by atoms with E-state index in [0.717, 1.165) is 12.1 Å². The fraction of sp³-hybridized carbons (Fsp3) is 0.125. The lowest BCUT2D eigenvalue weighted by Gasteiger charge is -2.19. The number of amides is 2. The normalized spacial score (nSPS) is 11.7. The van der Waals surface area contributed by atoms with Crippen molar-refractivity contribution in [2.24, 2.45) is 5.73 Å². The van der Waals surface area contributed by atoms with E-state index in [0.29, 0.717) is 21.8 Å². The van der Waals surface area contributed by atoms with Crippen LogP contribution in [0.2, 0.25) is 10.2 Å². The van der Waals surface area contributed by atoms with Crippen LogP contribution in [0.5, 0.6) is 5.75 Å². The number of carbonyl (C=O) groups excluding carboxylic acids is 2. The zero-order chi connectivity index (χ0) is 26.9. The molecule has 4 rings (SSSR count). The summed E-state index contributed by atoms with van der Waals surface area (Å²) in [6, 6.07) is 8.72. The number of primary amides is 1. The van der Waals surface area contributed by atoms with Crippen molar-refractivity contribution in [3.05, 3.63) is 86.8 Å². The minimum Gasteiger partial charge on any atom is -0.495 e. The Labute approximate surface area is 219 Å². The number of pyridine rings is 1. The number of ether oxygens (including phenoxy) is 1. The molecule has 0 saturated heterocycles. The number of benzene rings is 2. The van der Waals surface area contributed by atoms with Gasteiger partial charge in [-0.05, 0) is 43.3 Å². The molecule has 0 saturated carbocycles. The van der Waals surface area contributed by atoms with Crippen LogP contribution in [0.25, 0.3) is 16.8 Å². The highest BCUT2D eigenvalue weighted by Gasteiger charge is 2.22. The Morgan fingerprint density at radius 2 is 1.86 bits per heavy atom. The first kappa shape index (κ1) is 25.9. The molecule has 3 N–H and O–H groups in total. The monoisotopic (exact) mass is 544 g/mol. The van der Waals surface area contributed by atoms with E-state index in [1.807, 2.05) is 0 Å². The number of nitrogens with zero attached hydrogens (tertiary/aromatic N) is 4. The highest BCUT2D eigenvalue weighted by Crippen LogP contribution is 2.35. The predicted molar refractivity (Wildman–Crippen MR) is 136 cm³/mol. The quantitative estimate of drug-likeness (QED) is 0.363. The van der Waals surface area contributed by atoms with Crippen molar-refractivity contribution in [3.8, 4) is 22.6 Å². The Hall–Kier alpha value is -4.22. The van der Waals surface area contributed by atoms with Gasteiger partial charge in [0, 0.05) is 27.9 Å². The van der Waals surface area contributed by atoms with E-state index < -0.39 is 29.2 Å². The Balaban J connectivity index is 1.70. The van der Waals surface area contributed by atoms with Crippen molar-refractivity contribution < 1.29 is 18.7 Å². The summed E-state index contributed by atoms with van der Waals surface area (Å²) < 4.78 is 22.2. The summed E-state index contributed by atoms with van der Waals surface area (Å²) >= 11 is 12.2. The number of carbonyl (C=O) groups is 2. The van der Waals surface area contributed by atoms with Crippen molar-refractivity contribution in [1.29, 1.82) is 0 Å². The van der Waals surface area contributed by atoms with Gasteiger partial charge in [0.15, 0.2) is 5.15 Å². The number of halogens is 3. The highest BCUT2D eigenvalue weighted by molar-refractivity contribution is 6.31. The van der Waals surface area contributed by atoms with Crippen LogP contribution >= 0.6 is 23.2 Å². The maximum absolute atomic E-state index is 14.1. The van der Waals surface area contributed by atoms with Gasteiger partial charge in [-0.3, -0.25) is 19.0 Å². The molecular formula is C24H19Cl2FN6O4. The molecule has 2 aromatic heterocycles. The second-order valence-electron chi connectivity index (χ2n) is 7.87. The van der Waals surface area contributed by atoms with Gasteiger partial charge in [0.25, 0.3) is 11.5 Å². The molecule has 0 aliphatic heterocycles. The second kappa shape index (κ2) is 10.4. The lowest BCUT2D eigenvalue weighted by atomic mass is 10.0. The first-order chi connectivity index (χ1) is 17.6. The van der Waals surface area contributed by atoms with Crippen LogP contribution in [0.3, 0.4) is 0 Å². The number of methoxy groups -OCH3 is 1. The number of hydrogen-bond donors (Lipinski definition) is 2. The first-order valence-electron chi connectivity index (χ1n) is 10.7. The van der Waals surface area contributed by atoms with Crippen molar-refractivity contribution in [3.63, 3.8) is 0 Å².